The van der Waals surface area contributed by atoms with Gasteiger partial charge in [0.25, 0.3) is 0 Å². The summed E-state index contributed by atoms with van der Waals surface area (Å²) in [5, 5.41) is 2.09. The second-order valence-electron chi connectivity index (χ2n) is 3.31. The van der Waals surface area contributed by atoms with Crippen molar-refractivity contribution in [1.29, 1.82) is 0 Å². The van der Waals surface area contributed by atoms with E-state index in [-0.39, 0.29) is 0 Å². The smallest absolute Gasteiger partial charge is 0.124 e. The van der Waals surface area contributed by atoms with Crippen LogP contribution in [0.2, 0.25) is 0 Å². The van der Waals surface area contributed by atoms with Crippen LogP contribution in [-0.2, 0) is 0 Å². The van der Waals surface area contributed by atoms with E-state index >= 15 is 0 Å². The standard InChI is InChI=1S/C11H12N2S/c1-7-5-9(6-11(12)13-7)10-3-4-14-8(10)2/h3-6H,1-2H3,(H2,12,13). The van der Waals surface area contributed by atoms with Gasteiger partial charge in [-0.2, -0.15) is 0 Å². The first kappa shape index (κ1) is 9.21. The van der Waals surface area contributed by atoms with Crippen molar-refractivity contribution in [3.63, 3.8) is 0 Å². The monoisotopic (exact) mass is 204 g/mol. The van der Waals surface area contributed by atoms with Crippen LogP contribution in [0.4, 0.5) is 5.82 Å². The SMILES string of the molecule is Cc1cc(-c2ccsc2C)cc(N)n1. The Morgan fingerprint density at radius 2 is 2.07 bits per heavy atom. The van der Waals surface area contributed by atoms with Gasteiger partial charge in [-0.1, -0.05) is 0 Å². The predicted molar refractivity (Wildman–Crippen MR) is 61.4 cm³/mol. The van der Waals surface area contributed by atoms with Crippen molar-refractivity contribution in [2.75, 3.05) is 5.73 Å². The first-order valence-electron chi connectivity index (χ1n) is 4.45. The topological polar surface area (TPSA) is 38.9 Å². The van der Waals surface area contributed by atoms with E-state index in [1.807, 2.05) is 13.0 Å². The van der Waals surface area contributed by atoms with E-state index in [2.05, 4.69) is 29.4 Å². The van der Waals surface area contributed by atoms with Gasteiger partial charge in [0, 0.05) is 10.6 Å². The molecule has 0 aromatic carbocycles. The van der Waals surface area contributed by atoms with E-state index < -0.39 is 0 Å². The molecule has 0 radical (unpaired) electrons. The molecular weight excluding hydrogens is 192 g/mol. The molecule has 3 heteroatoms. The number of pyridine rings is 1. The van der Waals surface area contributed by atoms with Gasteiger partial charge in [-0.05, 0) is 48.6 Å². The Morgan fingerprint density at radius 1 is 1.29 bits per heavy atom. The van der Waals surface area contributed by atoms with Crippen LogP contribution in [0.5, 0.6) is 0 Å². The average molecular weight is 204 g/mol. The van der Waals surface area contributed by atoms with Crippen LogP contribution < -0.4 is 5.73 Å². The molecule has 0 atom stereocenters. The van der Waals surface area contributed by atoms with Crippen LogP contribution in [-0.4, -0.2) is 4.98 Å². The Bertz CT molecular complexity index is 440. The maximum atomic E-state index is 5.71. The highest BCUT2D eigenvalue weighted by molar-refractivity contribution is 7.10. The molecule has 0 fully saturated rings. The molecule has 2 heterocycles. The number of hydrogen-bond acceptors (Lipinski definition) is 3. The van der Waals surface area contributed by atoms with Gasteiger partial charge in [0.1, 0.15) is 5.82 Å². The van der Waals surface area contributed by atoms with Gasteiger partial charge in [0.05, 0.1) is 0 Å². The second-order valence-corrected chi connectivity index (χ2v) is 4.43. The highest BCUT2D eigenvalue weighted by Crippen LogP contribution is 2.28. The van der Waals surface area contributed by atoms with Gasteiger partial charge < -0.3 is 5.73 Å². The molecule has 14 heavy (non-hydrogen) atoms. The Morgan fingerprint density at radius 3 is 2.64 bits per heavy atom. The molecule has 2 aromatic rings. The van der Waals surface area contributed by atoms with Crippen molar-refractivity contribution < 1.29 is 0 Å². The molecule has 0 saturated carbocycles. The highest BCUT2D eigenvalue weighted by Gasteiger charge is 2.04. The third-order valence-electron chi connectivity index (χ3n) is 2.14. The Balaban J connectivity index is 2.57. The van der Waals surface area contributed by atoms with Crippen molar-refractivity contribution in [3.05, 3.63) is 34.2 Å². The second kappa shape index (κ2) is 3.42. The molecule has 0 aliphatic rings. The number of aryl methyl sites for hydroxylation is 2. The fourth-order valence-electron chi connectivity index (χ4n) is 1.53. The fourth-order valence-corrected chi connectivity index (χ4v) is 2.26. The van der Waals surface area contributed by atoms with Gasteiger partial charge in [-0.3, -0.25) is 0 Å². The van der Waals surface area contributed by atoms with Crippen LogP contribution in [0.25, 0.3) is 11.1 Å². The molecule has 2 N–H and O–H groups in total. The molecule has 0 spiro atoms. The Kier molecular flexibility index (Phi) is 2.25. The van der Waals surface area contributed by atoms with Crippen molar-refractivity contribution >= 4 is 17.2 Å². The number of hydrogen-bond donors (Lipinski definition) is 1. The first-order valence-corrected chi connectivity index (χ1v) is 5.33. The lowest BCUT2D eigenvalue weighted by molar-refractivity contribution is 1.21. The van der Waals surface area contributed by atoms with Crippen LogP contribution in [0.3, 0.4) is 0 Å². The van der Waals surface area contributed by atoms with E-state index in [0.29, 0.717) is 5.82 Å². The van der Waals surface area contributed by atoms with Gasteiger partial charge in [0.2, 0.25) is 0 Å². The van der Waals surface area contributed by atoms with Crippen molar-refractivity contribution in [2.45, 2.75) is 13.8 Å². The van der Waals surface area contributed by atoms with Gasteiger partial charge >= 0.3 is 0 Å². The number of thiophene rings is 1. The van der Waals surface area contributed by atoms with Crippen LogP contribution in [0.15, 0.2) is 23.6 Å². The molecule has 0 amide bonds. The summed E-state index contributed by atoms with van der Waals surface area (Å²) in [5.74, 6) is 0.589. The molecule has 72 valence electrons. The summed E-state index contributed by atoms with van der Waals surface area (Å²) in [6.07, 6.45) is 0. The lowest BCUT2D eigenvalue weighted by atomic mass is 10.1. The number of anilines is 1. The first-order chi connectivity index (χ1) is 6.66. The largest absolute Gasteiger partial charge is 0.384 e. The molecule has 0 aliphatic heterocycles. The number of nitrogens with two attached hydrogens (primary N) is 1. The zero-order valence-corrected chi connectivity index (χ0v) is 9.06. The van der Waals surface area contributed by atoms with Gasteiger partial charge in [0.15, 0.2) is 0 Å². The van der Waals surface area contributed by atoms with E-state index in [1.54, 1.807) is 11.3 Å². The van der Waals surface area contributed by atoms with Crippen molar-refractivity contribution in [1.82, 2.24) is 4.98 Å². The van der Waals surface area contributed by atoms with Gasteiger partial charge in [-0.25, -0.2) is 4.98 Å². The Labute approximate surface area is 87.4 Å². The van der Waals surface area contributed by atoms with Crippen LogP contribution in [0.1, 0.15) is 10.6 Å². The number of nitrogens with zero attached hydrogens (tertiary/aromatic N) is 1. The maximum Gasteiger partial charge on any atom is 0.124 e. The van der Waals surface area contributed by atoms with Crippen LogP contribution in [0, 0.1) is 13.8 Å². The molecule has 2 nitrogen and oxygen atoms in total. The van der Waals surface area contributed by atoms with E-state index in [4.69, 9.17) is 5.73 Å². The molecule has 2 aromatic heterocycles. The third kappa shape index (κ3) is 1.63. The summed E-state index contributed by atoms with van der Waals surface area (Å²) in [7, 11) is 0. The average Bonchev–Trinajstić information content (AvgIpc) is 2.49. The van der Waals surface area contributed by atoms with Crippen molar-refractivity contribution in [3.8, 4) is 11.1 Å². The summed E-state index contributed by atoms with van der Waals surface area (Å²) >= 11 is 1.75. The number of rotatable bonds is 1. The minimum absolute atomic E-state index is 0.589. The maximum absolute atomic E-state index is 5.71. The summed E-state index contributed by atoms with van der Waals surface area (Å²) in [6.45, 7) is 4.08. The van der Waals surface area contributed by atoms with E-state index in [1.165, 1.54) is 10.4 Å². The molecule has 0 bridgehead atoms. The minimum Gasteiger partial charge on any atom is -0.384 e. The molecule has 0 aliphatic carbocycles. The zero-order valence-electron chi connectivity index (χ0n) is 8.24. The van der Waals surface area contributed by atoms with Gasteiger partial charge in [-0.15, -0.1) is 11.3 Å². The summed E-state index contributed by atoms with van der Waals surface area (Å²) in [5.41, 5.74) is 9.09. The zero-order chi connectivity index (χ0) is 10.1. The lowest BCUT2D eigenvalue weighted by Crippen LogP contribution is -1.93. The third-order valence-corrected chi connectivity index (χ3v) is 2.99. The van der Waals surface area contributed by atoms with E-state index in [0.717, 1.165) is 11.3 Å². The summed E-state index contributed by atoms with van der Waals surface area (Å²) in [6, 6.07) is 6.10. The lowest BCUT2D eigenvalue weighted by Gasteiger charge is -2.03. The van der Waals surface area contributed by atoms with E-state index in [9.17, 15) is 0 Å². The summed E-state index contributed by atoms with van der Waals surface area (Å²) in [4.78, 5) is 5.47. The highest BCUT2D eigenvalue weighted by atomic mass is 32.1. The Hall–Kier alpha value is -1.35. The minimum atomic E-state index is 0.589. The fraction of sp³-hybridized carbons (Fsp3) is 0.182. The summed E-state index contributed by atoms with van der Waals surface area (Å²) < 4.78 is 0. The van der Waals surface area contributed by atoms with Crippen LogP contribution >= 0.6 is 11.3 Å². The number of aromatic nitrogens is 1. The van der Waals surface area contributed by atoms with Crippen molar-refractivity contribution in [2.24, 2.45) is 0 Å². The quantitative estimate of drug-likeness (QED) is 0.775. The molecular formula is C11H12N2S. The number of nitrogen functional groups attached to an aromatic ring is 1. The molecule has 0 saturated heterocycles. The predicted octanol–water partition coefficient (Wildman–Crippen LogP) is 3.01. The molecule has 2 rings (SSSR count). The molecule has 0 unspecified atom stereocenters. The normalized spacial score (nSPS) is 10.4.